The highest BCUT2D eigenvalue weighted by Gasteiger charge is 2.76. The molecule has 0 bridgehead atoms. The Morgan fingerprint density at radius 1 is 1.04 bits per heavy atom. The molecule has 0 aliphatic rings. The van der Waals surface area contributed by atoms with E-state index in [2.05, 4.69) is 0 Å². The Morgan fingerprint density at radius 2 is 1.64 bits per heavy atom. The molecule has 1 amide bonds. The predicted octanol–water partition coefficient (Wildman–Crippen LogP) is 3.20. The molecule has 25 heavy (non-hydrogen) atoms. The normalized spacial score (nSPS) is 12.7. The SMILES string of the molecule is COc1ccc(OC)c(CCNC(=O)C(F)(F)C(F)(F)C(F)(F)F)c1. The molecule has 0 saturated carbocycles. The monoisotopic (exact) mass is 377 g/mol. The van der Waals surface area contributed by atoms with Gasteiger partial charge in [-0.15, -0.1) is 0 Å². The first kappa shape index (κ1) is 20.8. The van der Waals surface area contributed by atoms with Crippen molar-refractivity contribution in [3.05, 3.63) is 23.8 Å². The molecule has 0 aliphatic heterocycles. The van der Waals surface area contributed by atoms with Gasteiger partial charge in [-0.25, -0.2) is 0 Å². The van der Waals surface area contributed by atoms with Crippen LogP contribution in [0.1, 0.15) is 5.56 Å². The zero-order valence-corrected chi connectivity index (χ0v) is 13.0. The van der Waals surface area contributed by atoms with Gasteiger partial charge in [-0.05, 0) is 30.2 Å². The Balaban J connectivity index is 2.81. The van der Waals surface area contributed by atoms with Gasteiger partial charge in [0.2, 0.25) is 0 Å². The molecule has 0 radical (unpaired) electrons. The topological polar surface area (TPSA) is 47.6 Å². The molecule has 0 unspecified atom stereocenters. The zero-order valence-electron chi connectivity index (χ0n) is 13.0. The van der Waals surface area contributed by atoms with Crippen LogP contribution in [-0.4, -0.2) is 44.7 Å². The van der Waals surface area contributed by atoms with Gasteiger partial charge in [0.25, 0.3) is 5.91 Å². The van der Waals surface area contributed by atoms with E-state index in [1.54, 1.807) is 0 Å². The number of carbonyl (C=O) groups excluding carboxylic acids is 1. The van der Waals surface area contributed by atoms with Crippen molar-refractivity contribution in [3.8, 4) is 11.5 Å². The molecule has 0 heterocycles. The Morgan fingerprint density at radius 3 is 2.12 bits per heavy atom. The number of hydrogen-bond acceptors (Lipinski definition) is 3. The fourth-order valence-electron chi connectivity index (χ4n) is 1.82. The minimum absolute atomic E-state index is 0.167. The second kappa shape index (κ2) is 7.36. The summed E-state index contributed by atoms with van der Waals surface area (Å²) in [5.41, 5.74) is 0.369. The van der Waals surface area contributed by atoms with Crippen LogP contribution in [0, 0.1) is 0 Å². The molecule has 0 aromatic heterocycles. The minimum Gasteiger partial charge on any atom is -0.497 e. The van der Waals surface area contributed by atoms with Crippen molar-refractivity contribution in [1.82, 2.24) is 5.32 Å². The number of nitrogens with one attached hydrogen (secondary N) is 1. The fraction of sp³-hybridized carbons (Fsp3) is 0.500. The van der Waals surface area contributed by atoms with E-state index in [4.69, 9.17) is 9.47 Å². The standard InChI is InChI=1S/C14H14F7NO3/c1-24-9-3-4-10(25-2)8(7-9)5-6-22-11(23)12(15,16)13(17,18)14(19,20)21/h3-4,7H,5-6H2,1-2H3,(H,22,23). The first-order valence-electron chi connectivity index (χ1n) is 6.70. The van der Waals surface area contributed by atoms with Crippen LogP contribution in [0.5, 0.6) is 11.5 Å². The number of benzene rings is 1. The molecule has 0 aliphatic carbocycles. The van der Waals surface area contributed by atoms with Crippen LogP contribution in [-0.2, 0) is 11.2 Å². The Kier molecular flexibility index (Phi) is 6.14. The summed E-state index contributed by atoms with van der Waals surface area (Å²) in [6, 6.07) is 4.44. The molecule has 142 valence electrons. The van der Waals surface area contributed by atoms with Gasteiger partial charge in [-0.1, -0.05) is 0 Å². The van der Waals surface area contributed by atoms with Crippen LogP contribution in [0.4, 0.5) is 30.7 Å². The van der Waals surface area contributed by atoms with Crippen molar-refractivity contribution < 1.29 is 45.0 Å². The van der Waals surface area contributed by atoms with Crippen LogP contribution in [0.25, 0.3) is 0 Å². The lowest BCUT2D eigenvalue weighted by Crippen LogP contribution is -2.59. The number of halogens is 7. The number of methoxy groups -OCH3 is 2. The summed E-state index contributed by atoms with van der Waals surface area (Å²) in [4.78, 5) is 11.1. The van der Waals surface area contributed by atoms with E-state index in [1.807, 2.05) is 0 Å². The number of rotatable bonds is 7. The van der Waals surface area contributed by atoms with Crippen LogP contribution in [0.15, 0.2) is 18.2 Å². The summed E-state index contributed by atoms with van der Waals surface area (Å²) in [5.74, 6) is -14.5. The number of ether oxygens (including phenoxy) is 2. The van der Waals surface area contributed by atoms with E-state index in [-0.39, 0.29) is 6.42 Å². The second-order valence-electron chi connectivity index (χ2n) is 4.83. The van der Waals surface area contributed by atoms with Crippen LogP contribution < -0.4 is 14.8 Å². The lowest BCUT2D eigenvalue weighted by molar-refractivity contribution is -0.344. The largest absolute Gasteiger partial charge is 0.497 e. The number of hydrogen-bond donors (Lipinski definition) is 1. The first-order chi connectivity index (χ1) is 11.4. The first-order valence-corrected chi connectivity index (χ1v) is 6.70. The van der Waals surface area contributed by atoms with Gasteiger partial charge < -0.3 is 14.8 Å². The number of alkyl halides is 7. The molecule has 0 atom stereocenters. The van der Waals surface area contributed by atoms with Crippen molar-refractivity contribution in [2.75, 3.05) is 20.8 Å². The molecule has 11 heteroatoms. The van der Waals surface area contributed by atoms with E-state index < -0.39 is 30.5 Å². The van der Waals surface area contributed by atoms with E-state index in [0.717, 1.165) is 0 Å². The highest BCUT2D eigenvalue weighted by Crippen LogP contribution is 2.46. The highest BCUT2D eigenvalue weighted by molar-refractivity contribution is 5.84. The van der Waals surface area contributed by atoms with Crippen molar-refractivity contribution in [3.63, 3.8) is 0 Å². The van der Waals surface area contributed by atoms with Gasteiger partial charge in [0.15, 0.2) is 0 Å². The summed E-state index contributed by atoms with van der Waals surface area (Å²) >= 11 is 0. The molecule has 1 rings (SSSR count). The van der Waals surface area contributed by atoms with Gasteiger partial charge in [-0.3, -0.25) is 4.79 Å². The number of carbonyl (C=O) groups is 1. The zero-order chi connectivity index (χ0) is 19.5. The van der Waals surface area contributed by atoms with Crippen molar-refractivity contribution in [2.45, 2.75) is 24.4 Å². The summed E-state index contributed by atoms with van der Waals surface area (Å²) in [7, 11) is 2.66. The molecule has 1 N–H and O–H groups in total. The van der Waals surface area contributed by atoms with Crippen molar-refractivity contribution >= 4 is 5.91 Å². The Hall–Kier alpha value is -2.20. The lowest BCUT2D eigenvalue weighted by Gasteiger charge is -2.27. The van der Waals surface area contributed by atoms with Gasteiger partial charge in [0.05, 0.1) is 14.2 Å². The minimum atomic E-state index is -6.57. The van der Waals surface area contributed by atoms with E-state index >= 15 is 0 Å². The maximum absolute atomic E-state index is 13.2. The molecule has 0 spiro atoms. The summed E-state index contributed by atoms with van der Waals surface area (Å²) in [5, 5.41) is 1.37. The average Bonchev–Trinajstić information content (AvgIpc) is 2.53. The Bertz CT molecular complexity index is 617. The van der Waals surface area contributed by atoms with Gasteiger partial charge >= 0.3 is 18.0 Å². The van der Waals surface area contributed by atoms with Crippen LogP contribution >= 0.6 is 0 Å². The lowest BCUT2D eigenvalue weighted by atomic mass is 10.1. The predicted molar refractivity (Wildman–Crippen MR) is 72.2 cm³/mol. The smallest absolute Gasteiger partial charge is 0.460 e. The van der Waals surface area contributed by atoms with Crippen molar-refractivity contribution in [2.24, 2.45) is 0 Å². The maximum atomic E-state index is 13.2. The highest BCUT2D eigenvalue weighted by atomic mass is 19.4. The molecule has 1 aromatic rings. The van der Waals surface area contributed by atoms with Gasteiger partial charge in [0, 0.05) is 6.54 Å². The molecule has 0 saturated heterocycles. The average molecular weight is 377 g/mol. The third-order valence-corrected chi connectivity index (χ3v) is 3.20. The molecular formula is C14H14F7NO3. The van der Waals surface area contributed by atoms with E-state index in [0.29, 0.717) is 17.1 Å². The van der Waals surface area contributed by atoms with E-state index in [9.17, 15) is 35.5 Å². The quantitative estimate of drug-likeness (QED) is 0.743. The van der Waals surface area contributed by atoms with Crippen LogP contribution in [0.2, 0.25) is 0 Å². The third-order valence-electron chi connectivity index (χ3n) is 3.20. The Labute approximate surface area is 137 Å². The number of amides is 1. The molecule has 0 fully saturated rings. The summed E-state index contributed by atoms with van der Waals surface area (Å²) in [6.45, 7) is -0.619. The molecule has 1 aromatic carbocycles. The summed E-state index contributed by atoms with van der Waals surface area (Å²) in [6.07, 6.45) is -6.73. The second-order valence-corrected chi connectivity index (χ2v) is 4.83. The van der Waals surface area contributed by atoms with Gasteiger partial charge in [-0.2, -0.15) is 30.7 Å². The van der Waals surface area contributed by atoms with Crippen LogP contribution in [0.3, 0.4) is 0 Å². The fourth-order valence-corrected chi connectivity index (χ4v) is 1.82. The third kappa shape index (κ3) is 4.26. The molecule has 4 nitrogen and oxygen atoms in total. The maximum Gasteiger partial charge on any atom is 0.460 e. The molecular weight excluding hydrogens is 363 g/mol. The van der Waals surface area contributed by atoms with Crippen molar-refractivity contribution in [1.29, 1.82) is 0 Å². The summed E-state index contributed by atoms with van der Waals surface area (Å²) < 4.78 is 97.8. The van der Waals surface area contributed by atoms with Gasteiger partial charge in [0.1, 0.15) is 11.5 Å². The van der Waals surface area contributed by atoms with E-state index in [1.165, 1.54) is 37.7 Å².